The molecule has 2 aromatic rings. The van der Waals surface area contributed by atoms with E-state index in [1.165, 1.54) is 0 Å². The molecule has 0 saturated carbocycles. The summed E-state index contributed by atoms with van der Waals surface area (Å²) in [5.41, 5.74) is 2.80. The molecule has 1 heterocycles. The van der Waals surface area contributed by atoms with E-state index in [0.29, 0.717) is 0 Å². The second-order valence-corrected chi connectivity index (χ2v) is 3.94. The molecule has 2 rings (SSSR count). The van der Waals surface area contributed by atoms with Crippen LogP contribution in [0.5, 0.6) is 0 Å². The number of nitrogens with one attached hydrogen (secondary N) is 1. The van der Waals surface area contributed by atoms with Gasteiger partial charge in [0.05, 0.1) is 5.69 Å². The van der Waals surface area contributed by atoms with E-state index in [4.69, 9.17) is 0 Å². The molecular weight excluding hydrogens is 200 g/mol. The lowest BCUT2D eigenvalue weighted by Crippen LogP contribution is -2.15. The number of aromatic nitrogens is 2. The zero-order chi connectivity index (χ0) is 11.5. The highest BCUT2D eigenvalue weighted by molar-refractivity contribution is 5.32. The van der Waals surface area contributed by atoms with Crippen molar-refractivity contribution < 1.29 is 0 Å². The van der Waals surface area contributed by atoms with Gasteiger partial charge >= 0.3 is 0 Å². The summed E-state index contributed by atoms with van der Waals surface area (Å²) in [7, 11) is 0. The maximum Gasteiger partial charge on any atom is 0.274 e. The molecule has 0 unspecified atom stereocenters. The van der Waals surface area contributed by atoms with Crippen LogP contribution in [0.1, 0.15) is 24.6 Å². The number of hydrogen-bond donors (Lipinski definition) is 1. The number of nitrogens with zero attached hydrogens (tertiary/aromatic N) is 1. The lowest BCUT2D eigenvalue weighted by atomic mass is 10.2. The third kappa shape index (κ3) is 1.81. The van der Waals surface area contributed by atoms with Gasteiger partial charge in [-0.15, -0.1) is 0 Å². The van der Waals surface area contributed by atoms with Crippen LogP contribution in [0.25, 0.3) is 5.69 Å². The van der Waals surface area contributed by atoms with Crippen molar-refractivity contribution in [1.29, 1.82) is 0 Å². The SMILES string of the molecule is CCCc1[nH]n(-c2ccccc2)c(=O)c1C. The molecule has 1 aromatic carbocycles. The van der Waals surface area contributed by atoms with Crippen molar-refractivity contribution in [3.8, 4) is 5.69 Å². The Balaban J connectivity index is 2.51. The van der Waals surface area contributed by atoms with Gasteiger partial charge in [0.1, 0.15) is 0 Å². The quantitative estimate of drug-likeness (QED) is 0.840. The van der Waals surface area contributed by atoms with E-state index in [1.54, 1.807) is 4.68 Å². The maximum atomic E-state index is 12.0. The van der Waals surface area contributed by atoms with Crippen molar-refractivity contribution in [2.75, 3.05) is 0 Å². The molecular formula is C13H16N2O. The summed E-state index contributed by atoms with van der Waals surface area (Å²) in [6.45, 7) is 3.99. The average Bonchev–Trinajstić information content (AvgIpc) is 2.59. The van der Waals surface area contributed by atoms with Crippen LogP contribution in [0.2, 0.25) is 0 Å². The highest BCUT2D eigenvalue weighted by Crippen LogP contribution is 2.08. The Morgan fingerprint density at radius 3 is 2.56 bits per heavy atom. The molecule has 0 atom stereocenters. The third-order valence-electron chi connectivity index (χ3n) is 2.74. The Hall–Kier alpha value is -1.77. The molecule has 1 N–H and O–H groups in total. The van der Waals surface area contributed by atoms with Gasteiger partial charge in [-0.25, -0.2) is 4.68 Å². The number of hydrogen-bond acceptors (Lipinski definition) is 1. The molecule has 0 aliphatic rings. The van der Waals surface area contributed by atoms with Crippen LogP contribution in [-0.4, -0.2) is 9.78 Å². The van der Waals surface area contributed by atoms with Gasteiger partial charge < -0.3 is 0 Å². The highest BCUT2D eigenvalue weighted by atomic mass is 16.1. The normalized spacial score (nSPS) is 10.6. The summed E-state index contributed by atoms with van der Waals surface area (Å²) in [4.78, 5) is 12.0. The Kier molecular flexibility index (Phi) is 2.95. The minimum absolute atomic E-state index is 0.0506. The van der Waals surface area contributed by atoms with Gasteiger partial charge in [-0.1, -0.05) is 31.5 Å². The molecule has 1 aromatic heterocycles. The van der Waals surface area contributed by atoms with E-state index in [-0.39, 0.29) is 5.56 Å². The topological polar surface area (TPSA) is 37.8 Å². The van der Waals surface area contributed by atoms with Crippen LogP contribution >= 0.6 is 0 Å². The lowest BCUT2D eigenvalue weighted by molar-refractivity contribution is 0.793. The Bertz CT molecular complexity index is 523. The number of H-pyrrole nitrogens is 1. The molecule has 0 bridgehead atoms. The van der Waals surface area contributed by atoms with E-state index in [2.05, 4.69) is 12.0 Å². The van der Waals surface area contributed by atoms with E-state index in [9.17, 15) is 4.79 Å². The van der Waals surface area contributed by atoms with E-state index in [0.717, 1.165) is 29.8 Å². The van der Waals surface area contributed by atoms with Crippen molar-refractivity contribution >= 4 is 0 Å². The van der Waals surface area contributed by atoms with Crippen LogP contribution in [0.15, 0.2) is 35.1 Å². The largest absolute Gasteiger partial charge is 0.295 e. The fraction of sp³-hybridized carbons (Fsp3) is 0.308. The third-order valence-corrected chi connectivity index (χ3v) is 2.74. The Morgan fingerprint density at radius 2 is 1.94 bits per heavy atom. The molecule has 0 fully saturated rings. The predicted octanol–water partition coefficient (Wildman–Crippen LogP) is 2.43. The predicted molar refractivity (Wildman–Crippen MR) is 65.1 cm³/mol. The molecule has 3 heteroatoms. The van der Waals surface area contributed by atoms with Crippen LogP contribution in [0.4, 0.5) is 0 Å². The maximum absolute atomic E-state index is 12.0. The van der Waals surface area contributed by atoms with Gasteiger partial charge in [-0.05, 0) is 25.5 Å². The van der Waals surface area contributed by atoms with E-state index in [1.807, 2.05) is 37.3 Å². The smallest absolute Gasteiger partial charge is 0.274 e. The van der Waals surface area contributed by atoms with Gasteiger partial charge in [0.25, 0.3) is 5.56 Å². The van der Waals surface area contributed by atoms with Crippen molar-refractivity contribution in [2.45, 2.75) is 26.7 Å². The first-order chi connectivity index (χ1) is 7.74. The van der Waals surface area contributed by atoms with Gasteiger partial charge in [0.2, 0.25) is 0 Å². The molecule has 16 heavy (non-hydrogen) atoms. The van der Waals surface area contributed by atoms with Gasteiger partial charge in [0, 0.05) is 11.3 Å². The lowest BCUT2D eigenvalue weighted by Gasteiger charge is -2.00. The van der Waals surface area contributed by atoms with Gasteiger partial charge in [-0.3, -0.25) is 9.89 Å². The summed E-state index contributed by atoms with van der Waals surface area (Å²) >= 11 is 0. The number of aryl methyl sites for hydroxylation is 1. The fourth-order valence-electron chi connectivity index (χ4n) is 1.82. The van der Waals surface area contributed by atoms with Crippen molar-refractivity contribution in [1.82, 2.24) is 9.78 Å². The Labute approximate surface area is 94.7 Å². The molecule has 0 aliphatic carbocycles. The second kappa shape index (κ2) is 4.39. The number of rotatable bonds is 3. The highest BCUT2D eigenvalue weighted by Gasteiger charge is 2.09. The van der Waals surface area contributed by atoms with Crippen LogP contribution in [0, 0.1) is 6.92 Å². The van der Waals surface area contributed by atoms with Gasteiger partial charge in [0.15, 0.2) is 0 Å². The number of para-hydroxylation sites is 1. The molecule has 0 amide bonds. The first-order valence-electron chi connectivity index (χ1n) is 5.60. The van der Waals surface area contributed by atoms with Crippen molar-refractivity contribution in [3.05, 3.63) is 51.9 Å². The van der Waals surface area contributed by atoms with Crippen molar-refractivity contribution in [2.24, 2.45) is 0 Å². The summed E-state index contributed by atoms with van der Waals surface area (Å²) in [6, 6.07) is 9.65. The average molecular weight is 216 g/mol. The number of aromatic amines is 1. The van der Waals surface area contributed by atoms with Crippen LogP contribution in [-0.2, 0) is 6.42 Å². The summed E-state index contributed by atoms with van der Waals surface area (Å²) < 4.78 is 1.61. The monoisotopic (exact) mass is 216 g/mol. The zero-order valence-electron chi connectivity index (χ0n) is 9.66. The molecule has 0 radical (unpaired) electrons. The van der Waals surface area contributed by atoms with Crippen LogP contribution < -0.4 is 5.56 Å². The standard InChI is InChI=1S/C13H16N2O/c1-3-7-12-10(2)13(16)15(14-12)11-8-5-4-6-9-11/h4-6,8-9,14H,3,7H2,1-2H3. The molecule has 3 nitrogen and oxygen atoms in total. The molecule has 84 valence electrons. The molecule has 0 spiro atoms. The zero-order valence-corrected chi connectivity index (χ0v) is 9.66. The van der Waals surface area contributed by atoms with E-state index < -0.39 is 0 Å². The summed E-state index contributed by atoms with van der Waals surface area (Å²) in [5.74, 6) is 0. The number of benzene rings is 1. The first-order valence-corrected chi connectivity index (χ1v) is 5.60. The minimum atomic E-state index is 0.0506. The fourth-order valence-corrected chi connectivity index (χ4v) is 1.82. The van der Waals surface area contributed by atoms with Crippen molar-refractivity contribution in [3.63, 3.8) is 0 Å². The minimum Gasteiger partial charge on any atom is -0.295 e. The molecule has 0 saturated heterocycles. The Morgan fingerprint density at radius 1 is 1.25 bits per heavy atom. The van der Waals surface area contributed by atoms with Gasteiger partial charge in [-0.2, -0.15) is 0 Å². The first kappa shape index (κ1) is 10.7. The molecule has 0 aliphatic heterocycles. The second-order valence-electron chi connectivity index (χ2n) is 3.94. The summed E-state index contributed by atoms with van der Waals surface area (Å²) in [5, 5.41) is 3.17. The summed E-state index contributed by atoms with van der Waals surface area (Å²) in [6.07, 6.45) is 1.95. The van der Waals surface area contributed by atoms with Crippen LogP contribution in [0.3, 0.4) is 0 Å². The van der Waals surface area contributed by atoms with E-state index >= 15 is 0 Å².